The predicted octanol–water partition coefficient (Wildman–Crippen LogP) is 12.9. The molecule has 0 aliphatic carbocycles. The topological polar surface area (TPSA) is 15.4 Å². The second kappa shape index (κ2) is 21.5. The molecular formula is C41H67N2+. The van der Waals surface area contributed by atoms with Gasteiger partial charge in [-0.3, -0.25) is 0 Å². The highest BCUT2D eigenvalue weighted by Crippen LogP contribution is 2.29. The molecule has 0 unspecified atom stereocenters. The first-order valence-corrected chi connectivity index (χ1v) is 18.4. The predicted molar refractivity (Wildman–Crippen MR) is 191 cm³/mol. The lowest BCUT2D eigenvalue weighted by Gasteiger charge is -2.15. The molecule has 0 aliphatic heterocycles. The van der Waals surface area contributed by atoms with Gasteiger partial charge in [-0.15, -0.1) is 0 Å². The van der Waals surface area contributed by atoms with Crippen LogP contribution in [0.2, 0.25) is 0 Å². The minimum absolute atomic E-state index is 0.961. The smallest absolute Gasteiger partial charge is 0.0906 e. The van der Waals surface area contributed by atoms with E-state index in [-0.39, 0.29) is 0 Å². The van der Waals surface area contributed by atoms with Crippen molar-refractivity contribution in [3.8, 4) is 0 Å². The minimum Gasteiger partial charge on any atom is -0.0906 e. The van der Waals surface area contributed by atoms with Crippen LogP contribution in [0.1, 0.15) is 171 Å². The van der Waals surface area contributed by atoms with Gasteiger partial charge in [0.25, 0.3) is 0 Å². The zero-order valence-electron chi connectivity index (χ0n) is 29.7. The van der Waals surface area contributed by atoms with Crippen molar-refractivity contribution in [2.75, 3.05) is 7.05 Å². The van der Waals surface area contributed by atoms with Crippen LogP contribution in [0.25, 0.3) is 6.08 Å². The van der Waals surface area contributed by atoms with Crippen molar-refractivity contribution < 1.29 is 4.70 Å². The Morgan fingerprint density at radius 2 is 1.07 bits per heavy atom. The second-order valence-corrected chi connectivity index (χ2v) is 12.7. The molecule has 0 aliphatic rings. The molecule has 2 nitrogen and oxygen atoms in total. The van der Waals surface area contributed by atoms with Crippen molar-refractivity contribution >= 4 is 11.8 Å². The van der Waals surface area contributed by atoms with Gasteiger partial charge < -0.3 is 0 Å². The van der Waals surface area contributed by atoms with Crippen LogP contribution in [-0.4, -0.2) is 11.7 Å². The summed E-state index contributed by atoms with van der Waals surface area (Å²) in [6, 6.07) is 9.71. The molecule has 2 heteroatoms. The summed E-state index contributed by atoms with van der Waals surface area (Å²) in [5.74, 6) is 0. The summed E-state index contributed by atoms with van der Waals surface area (Å²) in [5.41, 5.74) is 13.1. The fourth-order valence-electron chi connectivity index (χ4n) is 6.64. The highest BCUT2D eigenvalue weighted by molar-refractivity contribution is 5.56. The largest absolute Gasteiger partial charge is 0.208 e. The first-order valence-electron chi connectivity index (χ1n) is 18.4. The van der Waals surface area contributed by atoms with Gasteiger partial charge in [-0.2, -0.15) is 0 Å². The van der Waals surface area contributed by atoms with Crippen LogP contribution in [-0.2, 0) is 38.5 Å². The number of benzene rings is 2. The Morgan fingerprint density at radius 1 is 0.558 bits per heavy atom. The fourth-order valence-corrected chi connectivity index (χ4v) is 6.64. The van der Waals surface area contributed by atoms with Gasteiger partial charge in [0.15, 0.2) is 7.05 Å². The third-order valence-electron chi connectivity index (χ3n) is 9.25. The van der Waals surface area contributed by atoms with Crippen molar-refractivity contribution in [1.29, 1.82) is 0 Å². The summed E-state index contributed by atoms with van der Waals surface area (Å²) in [4.78, 5) is 0. The molecule has 2 rings (SSSR count). The molecule has 43 heavy (non-hydrogen) atoms. The van der Waals surface area contributed by atoms with Crippen molar-refractivity contribution in [1.82, 2.24) is 0 Å². The Hall–Kier alpha value is -2.22. The van der Waals surface area contributed by atoms with E-state index in [1.807, 2.05) is 0 Å². The van der Waals surface area contributed by atoms with E-state index in [2.05, 4.69) is 90.6 Å². The zero-order chi connectivity index (χ0) is 31.5. The standard InChI is InChI=1S/C41H67N2/c1-9-16-19-21-22-24-25-36-29-33(28-34(12-4)40(36)15-7)30-39(14-6)43(8)42-38-31-35(13-5)41(27-18-11-3)37(32-38)26-23-20-17-10-2/h28-32H,9-27H2,1-8H3/q+1. The van der Waals surface area contributed by atoms with Crippen molar-refractivity contribution in [2.24, 2.45) is 5.11 Å². The Kier molecular flexibility index (Phi) is 18.5. The van der Waals surface area contributed by atoms with E-state index >= 15 is 0 Å². The maximum Gasteiger partial charge on any atom is 0.208 e. The van der Waals surface area contributed by atoms with Gasteiger partial charge in [0.2, 0.25) is 5.70 Å². The minimum atomic E-state index is 0.961. The number of azo groups is 2. The molecule has 0 saturated carbocycles. The quantitative estimate of drug-likeness (QED) is 0.0739. The first-order chi connectivity index (χ1) is 21.0. The summed E-state index contributed by atoms with van der Waals surface area (Å²) in [6.07, 6.45) is 26.1. The average Bonchev–Trinajstić information content (AvgIpc) is 3.02. The number of allylic oxidation sites excluding steroid dienone is 1. The number of nitrogens with zero attached hydrogens (tertiary/aromatic N) is 2. The molecule has 0 spiro atoms. The molecular weight excluding hydrogens is 520 g/mol. The van der Waals surface area contributed by atoms with Gasteiger partial charge in [0.05, 0.1) is 0 Å². The Bertz CT molecular complexity index is 1140. The fraction of sp³-hybridized carbons (Fsp3) is 0.659. The highest BCUT2D eigenvalue weighted by Gasteiger charge is 2.15. The lowest BCUT2D eigenvalue weighted by Crippen LogP contribution is -2.04. The Balaban J connectivity index is 2.41. The highest BCUT2D eigenvalue weighted by atomic mass is 15.3. The SMILES string of the molecule is CCCCCCCCc1cc(C=C(CC)[N+](C)=Nc2cc(CC)c(CCCC)c(CCCCCC)c2)cc(CC)c1CC. The molecule has 0 bridgehead atoms. The average molecular weight is 588 g/mol. The summed E-state index contributed by atoms with van der Waals surface area (Å²) in [6.45, 7) is 16.1. The van der Waals surface area contributed by atoms with E-state index in [1.165, 1.54) is 119 Å². The normalized spacial score (nSPS) is 12.4. The maximum absolute atomic E-state index is 5.21. The van der Waals surface area contributed by atoms with Crippen LogP contribution in [0.15, 0.2) is 35.1 Å². The van der Waals surface area contributed by atoms with Crippen LogP contribution in [0.5, 0.6) is 0 Å². The van der Waals surface area contributed by atoms with Gasteiger partial charge in [-0.25, -0.2) is 0 Å². The number of rotatable bonds is 22. The van der Waals surface area contributed by atoms with E-state index in [0.717, 1.165) is 31.4 Å². The van der Waals surface area contributed by atoms with E-state index in [4.69, 9.17) is 5.11 Å². The molecule has 0 fully saturated rings. The van der Waals surface area contributed by atoms with Crippen LogP contribution in [0.4, 0.5) is 5.69 Å². The number of hydrogen-bond donors (Lipinski definition) is 0. The Morgan fingerprint density at radius 3 is 1.65 bits per heavy atom. The van der Waals surface area contributed by atoms with Crippen molar-refractivity contribution in [3.63, 3.8) is 0 Å². The lowest BCUT2D eigenvalue weighted by molar-refractivity contribution is -0.512. The summed E-state index contributed by atoms with van der Waals surface area (Å²) in [5, 5.41) is 5.21. The third-order valence-corrected chi connectivity index (χ3v) is 9.25. The molecule has 0 N–H and O–H groups in total. The number of unbranched alkanes of at least 4 members (excludes halogenated alkanes) is 9. The Labute approximate surface area is 267 Å². The molecule has 0 atom stereocenters. The van der Waals surface area contributed by atoms with Crippen LogP contribution < -0.4 is 0 Å². The summed E-state index contributed by atoms with van der Waals surface area (Å²) in [7, 11) is 2.14. The van der Waals surface area contributed by atoms with Crippen LogP contribution in [0.3, 0.4) is 0 Å². The van der Waals surface area contributed by atoms with E-state index in [9.17, 15) is 0 Å². The van der Waals surface area contributed by atoms with Gasteiger partial charge >= 0.3 is 0 Å². The number of aryl methyl sites for hydroxylation is 4. The maximum atomic E-state index is 5.21. The van der Waals surface area contributed by atoms with Gasteiger partial charge in [-0.05, 0) is 114 Å². The molecule has 2 aromatic rings. The molecule has 0 heterocycles. The van der Waals surface area contributed by atoms with Gasteiger partial charge in [0.1, 0.15) is 5.69 Å². The molecule has 0 saturated heterocycles. The third kappa shape index (κ3) is 12.4. The molecule has 0 aromatic heterocycles. The monoisotopic (exact) mass is 588 g/mol. The molecule has 0 amide bonds. The number of hydrogen-bond acceptors (Lipinski definition) is 1. The summed E-state index contributed by atoms with van der Waals surface area (Å²) < 4.78 is 2.15. The first kappa shape index (κ1) is 37.0. The van der Waals surface area contributed by atoms with Crippen LogP contribution >= 0.6 is 0 Å². The molecule has 0 radical (unpaired) electrons. The van der Waals surface area contributed by atoms with E-state index in [0.29, 0.717) is 0 Å². The second-order valence-electron chi connectivity index (χ2n) is 12.7. The molecule has 240 valence electrons. The van der Waals surface area contributed by atoms with E-state index in [1.54, 1.807) is 22.3 Å². The van der Waals surface area contributed by atoms with E-state index < -0.39 is 0 Å². The molecule has 2 aromatic carbocycles. The van der Waals surface area contributed by atoms with Crippen LogP contribution in [0, 0.1) is 0 Å². The lowest BCUT2D eigenvalue weighted by atomic mass is 9.91. The summed E-state index contributed by atoms with van der Waals surface area (Å²) >= 11 is 0. The van der Waals surface area contributed by atoms with Gasteiger partial charge in [0, 0.05) is 12.5 Å². The zero-order valence-corrected chi connectivity index (χ0v) is 29.7. The van der Waals surface area contributed by atoms with Crippen molar-refractivity contribution in [2.45, 2.75) is 170 Å². The van der Waals surface area contributed by atoms with Crippen molar-refractivity contribution in [3.05, 3.63) is 68.9 Å². The van der Waals surface area contributed by atoms with Gasteiger partial charge in [-0.1, -0.05) is 123 Å².